The Labute approximate surface area is 201 Å². The van der Waals surface area contributed by atoms with E-state index < -0.39 is 40.7 Å². The van der Waals surface area contributed by atoms with Crippen molar-refractivity contribution in [3.63, 3.8) is 0 Å². The summed E-state index contributed by atoms with van der Waals surface area (Å²) in [5, 5.41) is 33.6. The van der Waals surface area contributed by atoms with Gasteiger partial charge in [0.1, 0.15) is 17.3 Å². The van der Waals surface area contributed by atoms with Gasteiger partial charge in [-0.25, -0.2) is 4.79 Å². The average molecular weight is 469 g/mol. The van der Waals surface area contributed by atoms with Gasteiger partial charge in [0.15, 0.2) is 5.78 Å². The van der Waals surface area contributed by atoms with Gasteiger partial charge in [0, 0.05) is 11.8 Å². The fraction of sp³-hybridized carbons (Fsp3) is 0.643. The number of hydrogen-bond acceptors (Lipinski definition) is 6. The van der Waals surface area contributed by atoms with Crippen LogP contribution in [0.25, 0.3) is 0 Å². The molecule has 1 heterocycles. The van der Waals surface area contributed by atoms with Gasteiger partial charge in [0.05, 0.1) is 17.6 Å². The van der Waals surface area contributed by atoms with Gasteiger partial charge in [-0.3, -0.25) is 4.79 Å². The van der Waals surface area contributed by atoms with Gasteiger partial charge in [-0.2, -0.15) is 0 Å². The maximum absolute atomic E-state index is 13.1. The average Bonchev–Trinajstić information content (AvgIpc) is 3.07. The van der Waals surface area contributed by atoms with Crippen LogP contribution in [-0.4, -0.2) is 51.0 Å². The highest BCUT2D eigenvalue weighted by molar-refractivity contribution is 5.98. The molecule has 184 valence electrons. The molecule has 4 aliphatic carbocycles. The number of esters is 1. The van der Waals surface area contributed by atoms with Crippen LogP contribution in [0.3, 0.4) is 0 Å². The van der Waals surface area contributed by atoms with Crippen LogP contribution in [-0.2, 0) is 14.3 Å². The second-order valence-corrected chi connectivity index (χ2v) is 11.6. The van der Waals surface area contributed by atoms with Gasteiger partial charge in [0.25, 0.3) is 0 Å². The molecule has 0 aromatic carbocycles. The molecule has 0 aromatic heterocycles. The lowest BCUT2D eigenvalue weighted by atomic mass is 9.47. The topological polar surface area (TPSA) is 104 Å². The molecule has 0 amide bonds. The minimum Gasteiger partial charge on any atom is -0.455 e. The van der Waals surface area contributed by atoms with Crippen molar-refractivity contribution in [3.8, 4) is 0 Å². The minimum absolute atomic E-state index is 0.129. The Morgan fingerprint density at radius 2 is 1.97 bits per heavy atom. The lowest BCUT2D eigenvalue weighted by Crippen LogP contribution is -2.67. The number of ether oxygens (including phenoxy) is 1. The van der Waals surface area contributed by atoms with Crippen molar-refractivity contribution >= 4 is 11.8 Å². The van der Waals surface area contributed by atoms with Crippen molar-refractivity contribution in [3.05, 3.63) is 46.6 Å². The van der Waals surface area contributed by atoms with Crippen molar-refractivity contribution in [1.29, 1.82) is 0 Å². The first-order valence-electron chi connectivity index (χ1n) is 12.5. The van der Waals surface area contributed by atoms with E-state index in [9.17, 15) is 24.9 Å². The van der Waals surface area contributed by atoms with E-state index in [-0.39, 0.29) is 36.0 Å². The van der Waals surface area contributed by atoms with Crippen molar-refractivity contribution in [2.45, 2.75) is 83.5 Å². The molecule has 3 N–H and O–H groups in total. The van der Waals surface area contributed by atoms with E-state index >= 15 is 0 Å². The van der Waals surface area contributed by atoms with Crippen molar-refractivity contribution in [1.82, 2.24) is 0 Å². The zero-order valence-corrected chi connectivity index (χ0v) is 20.6. The van der Waals surface area contributed by atoms with E-state index in [4.69, 9.17) is 4.74 Å². The number of carbonyl (C=O) groups excluding carboxylic acids is 2. The molecule has 6 nitrogen and oxygen atoms in total. The van der Waals surface area contributed by atoms with Crippen LogP contribution >= 0.6 is 0 Å². The Bertz CT molecular complexity index is 1080. The summed E-state index contributed by atoms with van der Waals surface area (Å²) >= 11 is 0. The monoisotopic (exact) mass is 468 g/mol. The first kappa shape index (κ1) is 23.7. The second-order valence-electron chi connectivity index (χ2n) is 11.6. The summed E-state index contributed by atoms with van der Waals surface area (Å²) in [7, 11) is 0. The summed E-state index contributed by atoms with van der Waals surface area (Å²) in [4.78, 5) is 25.5. The summed E-state index contributed by atoms with van der Waals surface area (Å²) in [5.41, 5.74) is -1.21. The van der Waals surface area contributed by atoms with Crippen molar-refractivity contribution in [2.75, 3.05) is 6.61 Å². The van der Waals surface area contributed by atoms with E-state index in [1.54, 1.807) is 19.9 Å². The zero-order chi connectivity index (χ0) is 24.7. The van der Waals surface area contributed by atoms with Gasteiger partial charge in [-0.05, 0) is 70.8 Å². The summed E-state index contributed by atoms with van der Waals surface area (Å²) in [6, 6.07) is 0. The number of hydrogen-bond donors (Lipinski definition) is 3. The quantitative estimate of drug-likeness (QED) is 0.434. The molecule has 1 saturated carbocycles. The third kappa shape index (κ3) is 2.79. The first-order chi connectivity index (χ1) is 15.9. The first-order valence-corrected chi connectivity index (χ1v) is 12.5. The number of aliphatic hydroxyl groups is 3. The molecule has 7 atom stereocenters. The van der Waals surface area contributed by atoms with E-state index in [0.29, 0.717) is 12.0 Å². The second kappa shape index (κ2) is 7.49. The van der Waals surface area contributed by atoms with Crippen LogP contribution in [0.4, 0.5) is 0 Å². The van der Waals surface area contributed by atoms with Gasteiger partial charge < -0.3 is 20.1 Å². The van der Waals surface area contributed by atoms with Crippen LogP contribution in [0.2, 0.25) is 0 Å². The highest BCUT2D eigenvalue weighted by atomic mass is 16.6. The number of allylic oxidation sites excluding steroid dienone is 4. The smallest absolute Gasteiger partial charge is 0.336 e. The maximum Gasteiger partial charge on any atom is 0.336 e. The fourth-order valence-corrected chi connectivity index (χ4v) is 7.89. The van der Waals surface area contributed by atoms with Gasteiger partial charge in [-0.15, -0.1) is 0 Å². The van der Waals surface area contributed by atoms with E-state index in [1.165, 1.54) is 5.57 Å². The van der Waals surface area contributed by atoms with Gasteiger partial charge in [-0.1, -0.05) is 41.9 Å². The Hall–Kier alpha value is -2.02. The lowest BCUT2D eigenvalue weighted by Gasteiger charge is -2.59. The molecule has 0 aromatic rings. The molecule has 5 aliphatic rings. The molecule has 0 spiro atoms. The number of aliphatic hydroxyl groups excluding tert-OH is 1. The zero-order valence-electron chi connectivity index (χ0n) is 20.6. The molecule has 0 radical (unpaired) electrons. The van der Waals surface area contributed by atoms with Crippen LogP contribution in [0.15, 0.2) is 46.6 Å². The summed E-state index contributed by atoms with van der Waals surface area (Å²) < 4.78 is 5.58. The normalized spacial score (nSPS) is 43.3. The standard InChI is InChI=1S/C28H36O6/c1-16-14-23(34-24(31)19(16)15-29)27(4,32)28(33)13-11-20-18-9-8-17-6-5-7-22(30)26(17,3)21(18)10-12-25(20,28)2/h5,7-8,11,18,21,23,29,32-33H,6,9-10,12-15H2,1-4H3/t18-,21-,23?,25-,26-,27-,28+/m0/s1. The van der Waals surface area contributed by atoms with Crippen molar-refractivity contribution < 1.29 is 29.6 Å². The number of cyclic esters (lactones) is 1. The predicted octanol–water partition coefficient (Wildman–Crippen LogP) is 3.32. The fourth-order valence-electron chi connectivity index (χ4n) is 7.89. The summed E-state index contributed by atoms with van der Waals surface area (Å²) in [6.45, 7) is 7.03. The Morgan fingerprint density at radius 1 is 1.24 bits per heavy atom. The Morgan fingerprint density at radius 3 is 2.65 bits per heavy atom. The van der Waals surface area contributed by atoms with E-state index in [2.05, 4.69) is 19.1 Å². The molecule has 1 aliphatic heterocycles. The highest BCUT2D eigenvalue weighted by Crippen LogP contribution is 2.66. The Balaban J connectivity index is 1.48. The Kier molecular flexibility index (Phi) is 5.22. The van der Waals surface area contributed by atoms with Crippen LogP contribution in [0.1, 0.15) is 66.2 Å². The largest absolute Gasteiger partial charge is 0.455 e. The summed E-state index contributed by atoms with van der Waals surface area (Å²) in [5.74, 6) is -0.173. The van der Waals surface area contributed by atoms with E-state index in [0.717, 1.165) is 24.8 Å². The third-order valence-corrected chi connectivity index (χ3v) is 10.3. The third-order valence-electron chi connectivity index (χ3n) is 10.3. The number of rotatable bonds is 3. The molecular weight excluding hydrogens is 432 g/mol. The predicted molar refractivity (Wildman–Crippen MR) is 126 cm³/mol. The van der Waals surface area contributed by atoms with Gasteiger partial charge in [0.2, 0.25) is 0 Å². The minimum atomic E-state index is -1.70. The van der Waals surface area contributed by atoms with Crippen LogP contribution in [0.5, 0.6) is 0 Å². The number of carbonyl (C=O) groups is 2. The number of ketones is 1. The van der Waals surface area contributed by atoms with Crippen LogP contribution < -0.4 is 0 Å². The number of fused-ring (bicyclic) bond motifs is 5. The van der Waals surface area contributed by atoms with Crippen molar-refractivity contribution in [2.24, 2.45) is 22.7 Å². The summed E-state index contributed by atoms with van der Waals surface area (Å²) in [6.07, 6.45) is 10.7. The SMILES string of the molecule is CC1=C(CO)C(=O)OC([C@](C)(O)[C@@]2(O)CC=C3[C@@H]4CC=C5CC=CC(=O)[C@]5(C)[C@H]4CC[C@@]32C)C1. The van der Waals surface area contributed by atoms with Crippen LogP contribution in [0, 0.1) is 22.7 Å². The molecule has 34 heavy (non-hydrogen) atoms. The molecule has 5 rings (SSSR count). The molecule has 1 fully saturated rings. The highest BCUT2D eigenvalue weighted by Gasteiger charge is 2.68. The molecule has 6 heteroatoms. The maximum atomic E-state index is 13.1. The molecule has 0 saturated heterocycles. The molecular formula is C28H36O6. The van der Waals surface area contributed by atoms with E-state index in [1.807, 2.05) is 13.0 Å². The molecule has 0 bridgehead atoms. The lowest BCUT2D eigenvalue weighted by molar-refractivity contribution is -0.239. The molecule has 1 unspecified atom stereocenters. The van der Waals surface area contributed by atoms with Gasteiger partial charge >= 0.3 is 5.97 Å².